The highest BCUT2D eigenvalue weighted by atomic mass is 32.2. The van der Waals surface area contributed by atoms with E-state index in [2.05, 4.69) is 26.5 Å². The maximum Gasteiger partial charge on any atom is 0.253 e. The molecule has 172 valence electrons. The molecule has 2 N–H and O–H groups in total. The number of nitrogens with one attached hydrogen (secondary N) is 1. The van der Waals surface area contributed by atoms with Gasteiger partial charge in [-0.3, -0.25) is 28.3 Å². The van der Waals surface area contributed by atoms with Crippen LogP contribution in [0.1, 0.15) is 28.1 Å². The van der Waals surface area contributed by atoms with Gasteiger partial charge in [-0.2, -0.15) is 5.10 Å². The number of aromatic nitrogens is 2. The van der Waals surface area contributed by atoms with E-state index in [0.717, 1.165) is 41.7 Å². The Labute approximate surface area is 188 Å². The number of benzene rings is 1. The van der Waals surface area contributed by atoms with Crippen molar-refractivity contribution in [2.45, 2.75) is 39.4 Å². The third-order valence-corrected chi connectivity index (χ3v) is 7.99. The molecule has 0 spiro atoms. The van der Waals surface area contributed by atoms with Gasteiger partial charge in [0, 0.05) is 62.6 Å². The zero-order valence-electron chi connectivity index (χ0n) is 18.4. The van der Waals surface area contributed by atoms with E-state index in [4.69, 9.17) is 0 Å². The summed E-state index contributed by atoms with van der Waals surface area (Å²) < 4.78 is 32.8. The van der Waals surface area contributed by atoms with E-state index in [1.54, 1.807) is 6.07 Å². The summed E-state index contributed by atoms with van der Waals surface area (Å²) in [4.78, 5) is 16.2. The number of rotatable bonds is 4. The molecule has 0 bridgehead atoms. The van der Waals surface area contributed by atoms with Gasteiger partial charge >= 0.3 is 0 Å². The van der Waals surface area contributed by atoms with Crippen molar-refractivity contribution in [3.63, 3.8) is 0 Å². The topological polar surface area (TPSA) is 93.9 Å². The number of halogens is 1. The van der Waals surface area contributed by atoms with Crippen LogP contribution >= 0.6 is 0 Å². The van der Waals surface area contributed by atoms with Crippen LogP contribution in [-0.2, 0) is 42.5 Å². The SMILES string of the molecule is Cc1nn(C)c(C)c1CN1CC(N2CCc3cc(O)c(N4CC(=O)NS4=O)c(F)c3C2)C1. The first-order valence-corrected chi connectivity index (χ1v) is 11.8. The lowest BCUT2D eigenvalue weighted by molar-refractivity contribution is -0.117. The van der Waals surface area contributed by atoms with Crippen molar-refractivity contribution in [3.05, 3.63) is 40.0 Å². The fraction of sp³-hybridized carbons (Fsp3) is 0.524. The quantitative estimate of drug-likeness (QED) is 0.693. The van der Waals surface area contributed by atoms with Gasteiger partial charge in [-0.05, 0) is 31.9 Å². The Bertz CT molecular complexity index is 1130. The minimum Gasteiger partial charge on any atom is -0.506 e. The first-order valence-electron chi connectivity index (χ1n) is 10.7. The van der Waals surface area contributed by atoms with Gasteiger partial charge in [0.05, 0.1) is 5.69 Å². The molecule has 9 nitrogen and oxygen atoms in total. The Morgan fingerprint density at radius 2 is 2.06 bits per heavy atom. The Hall–Kier alpha value is -2.50. The van der Waals surface area contributed by atoms with Gasteiger partial charge in [0.25, 0.3) is 5.91 Å². The Balaban J connectivity index is 1.29. The fourth-order valence-corrected chi connectivity index (χ4v) is 5.86. The average molecular weight is 463 g/mol. The van der Waals surface area contributed by atoms with E-state index in [9.17, 15) is 14.1 Å². The van der Waals surface area contributed by atoms with E-state index >= 15 is 4.39 Å². The molecule has 1 aromatic heterocycles. The van der Waals surface area contributed by atoms with Gasteiger partial charge in [0.15, 0.2) is 5.82 Å². The number of phenolic OH excluding ortho intramolecular Hbond substituents is 1. The van der Waals surface area contributed by atoms with E-state index in [0.29, 0.717) is 24.6 Å². The molecule has 2 saturated heterocycles. The number of carbonyl (C=O) groups is 1. The number of aryl methyl sites for hydroxylation is 2. The lowest BCUT2D eigenvalue weighted by Gasteiger charge is -2.47. The first kappa shape index (κ1) is 21.4. The highest BCUT2D eigenvalue weighted by Gasteiger charge is 2.37. The van der Waals surface area contributed by atoms with E-state index in [-0.39, 0.29) is 18.0 Å². The Morgan fingerprint density at radius 3 is 2.69 bits per heavy atom. The fourth-order valence-electron chi connectivity index (χ4n) is 4.91. The van der Waals surface area contributed by atoms with Crippen LogP contribution in [0, 0.1) is 19.7 Å². The van der Waals surface area contributed by atoms with Crippen molar-refractivity contribution in [1.29, 1.82) is 0 Å². The average Bonchev–Trinajstić information content (AvgIpc) is 3.15. The van der Waals surface area contributed by atoms with Crippen LogP contribution in [0.25, 0.3) is 0 Å². The zero-order chi connectivity index (χ0) is 22.7. The Kier molecular flexibility index (Phi) is 5.22. The maximum atomic E-state index is 15.5. The molecular formula is C21H27FN6O3S. The van der Waals surface area contributed by atoms with Crippen molar-refractivity contribution in [2.75, 3.05) is 30.5 Å². The minimum absolute atomic E-state index is 0.167. The number of anilines is 1. The normalized spacial score (nSPS) is 22.2. The summed E-state index contributed by atoms with van der Waals surface area (Å²) in [6, 6.07) is 1.88. The van der Waals surface area contributed by atoms with Crippen LogP contribution in [-0.4, -0.2) is 67.0 Å². The van der Waals surface area contributed by atoms with Crippen molar-refractivity contribution in [1.82, 2.24) is 24.3 Å². The van der Waals surface area contributed by atoms with Crippen molar-refractivity contribution >= 4 is 22.8 Å². The predicted octanol–water partition coefficient (Wildman–Crippen LogP) is 0.639. The summed E-state index contributed by atoms with van der Waals surface area (Å²) in [6.45, 7) is 7.78. The molecule has 2 aromatic rings. The molecule has 1 amide bonds. The molecule has 32 heavy (non-hydrogen) atoms. The number of phenols is 1. The smallest absolute Gasteiger partial charge is 0.253 e. The molecule has 3 aliphatic rings. The third kappa shape index (κ3) is 3.48. The number of hydrogen-bond donors (Lipinski definition) is 2. The summed E-state index contributed by atoms with van der Waals surface area (Å²) in [5.41, 5.74) is 4.62. The minimum atomic E-state index is -1.89. The van der Waals surface area contributed by atoms with Crippen LogP contribution in [0.15, 0.2) is 6.07 Å². The Morgan fingerprint density at radius 1 is 1.31 bits per heavy atom. The second-order valence-electron chi connectivity index (χ2n) is 8.85. The lowest BCUT2D eigenvalue weighted by atomic mass is 9.94. The van der Waals surface area contributed by atoms with Gasteiger partial charge < -0.3 is 5.11 Å². The first-order chi connectivity index (χ1) is 15.2. The molecule has 1 aromatic carbocycles. The summed E-state index contributed by atoms with van der Waals surface area (Å²) in [7, 11) is 1.96. The molecule has 0 aliphatic carbocycles. The molecule has 4 heterocycles. The molecule has 3 aliphatic heterocycles. The van der Waals surface area contributed by atoms with E-state index < -0.39 is 22.9 Å². The number of aromatic hydroxyl groups is 1. The molecule has 1 atom stereocenters. The molecule has 0 saturated carbocycles. The molecule has 2 fully saturated rings. The number of fused-ring (bicyclic) bond motifs is 1. The molecule has 11 heteroatoms. The van der Waals surface area contributed by atoms with Crippen LogP contribution in [0.3, 0.4) is 0 Å². The standard InChI is InChI=1S/C21H27FN6O3S/c1-12-16(13(2)25(3)23-12)9-26-7-15(8-26)27-5-4-14-6-18(29)21(20(22)17(14)10-27)28-11-19(30)24-32(28)31/h6,15,29H,4-5,7-11H2,1-3H3,(H,24,30). The van der Waals surface area contributed by atoms with Crippen LogP contribution in [0.5, 0.6) is 5.75 Å². The number of carbonyl (C=O) groups excluding carboxylic acids is 1. The molecule has 5 rings (SSSR count). The van der Waals surface area contributed by atoms with E-state index in [1.165, 1.54) is 11.3 Å². The second kappa shape index (κ2) is 7.82. The highest BCUT2D eigenvalue weighted by Crippen LogP contribution is 2.39. The van der Waals surface area contributed by atoms with Crippen LogP contribution < -0.4 is 9.03 Å². The van der Waals surface area contributed by atoms with Gasteiger partial charge in [-0.25, -0.2) is 8.60 Å². The van der Waals surface area contributed by atoms with Crippen molar-refractivity contribution in [3.8, 4) is 5.75 Å². The van der Waals surface area contributed by atoms with Gasteiger partial charge in [0.2, 0.25) is 11.2 Å². The predicted molar refractivity (Wildman–Crippen MR) is 118 cm³/mol. The van der Waals surface area contributed by atoms with Gasteiger partial charge in [0.1, 0.15) is 18.0 Å². The zero-order valence-corrected chi connectivity index (χ0v) is 19.2. The molecular weight excluding hydrogens is 435 g/mol. The summed E-state index contributed by atoms with van der Waals surface area (Å²) in [6.07, 6.45) is 0.637. The van der Waals surface area contributed by atoms with Crippen molar-refractivity contribution in [2.24, 2.45) is 7.05 Å². The van der Waals surface area contributed by atoms with Crippen LogP contribution in [0.4, 0.5) is 10.1 Å². The summed E-state index contributed by atoms with van der Waals surface area (Å²) >= 11 is -1.89. The number of nitrogens with zero attached hydrogens (tertiary/aromatic N) is 5. The molecule has 0 radical (unpaired) electrons. The third-order valence-electron chi connectivity index (χ3n) is 6.88. The largest absolute Gasteiger partial charge is 0.506 e. The van der Waals surface area contributed by atoms with Gasteiger partial charge in [-0.1, -0.05) is 0 Å². The van der Waals surface area contributed by atoms with E-state index in [1.807, 2.05) is 18.7 Å². The summed E-state index contributed by atoms with van der Waals surface area (Å²) in [5.74, 6) is -1.33. The van der Waals surface area contributed by atoms with Crippen LogP contribution in [0.2, 0.25) is 0 Å². The second-order valence-corrected chi connectivity index (χ2v) is 9.99. The molecule has 1 unspecified atom stereocenters. The lowest BCUT2D eigenvalue weighted by Crippen LogP contribution is -2.59. The monoisotopic (exact) mass is 462 g/mol. The van der Waals surface area contributed by atoms with Crippen molar-refractivity contribution < 1.29 is 18.5 Å². The number of amides is 1. The number of hydrogen-bond acceptors (Lipinski definition) is 6. The summed E-state index contributed by atoms with van der Waals surface area (Å²) in [5, 5.41) is 14.9. The maximum absolute atomic E-state index is 15.5. The van der Waals surface area contributed by atoms with Gasteiger partial charge in [-0.15, -0.1) is 0 Å². The number of likely N-dealkylation sites (tertiary alicyclic amines) is 1. The highest BCUT2D eigenvalue weighted by molar-refractivity contribution is 7.85.